The van der Waals surface area contributed by atoms with Gasteiger partial charge in [-0.15, -0.1) is 0 Å². The fraction of sp³-hybridized carbons (Fsp3) is 0.429. The van der Waals surface area contributed by atoms with Crippen LogP contribution in [0.3, 0.4) is 0 Å². The molecule has 0 fully saturated rings. The molecule has 5 nitrogen and oxygen atoms in total. The molecule has 0 unspecified atom stereocenters. The van der Waals surface area contributed by atoms with Crippen molar-refractivity contribution in [2.75, 3.05) is 5.32 Å². The molecule has 0 heterocycles. The molecule has 0 bridgehead atoms. The van der Waals surface area contributed by atoms with Crippen molar-refractivity contribution in [3.63, 3.8) is 0 Å². The summed E-state index contributed by atoms with van der Waals surface area (Å²) in [5, 5.41) is 14.2. The van der Waals surface area contributed by atoms with Crippen LogP contribution in [0.5, 0.6) is 0 Å². The van der Waals surface area contributed by atoms with Gasteiger partial charge in [0.05, 0.1) is 16.6 Å². The summed E-state index contributed by atoms with van der Waals surface area (Å²) in [5.74, 6) is -1.63. The van der Waals surface area contributed by atoms with E-state index in [-0.39, 0.29) is 5.69 Å². The highest BCUT2D eigenvalue weighted by molar-refractivity contribution is 9.10. The van der Waals surface area contributed by atoms with E-state index in [4.69, 9.17) is 0 Å². The smallest absolute Gasteiger partial charge is 0.319 e. The molecule has 0 aliphatic rings. The van der Waals surface area contributed by atoms with Crippen LogP contribution in [0.4, 0.5) is 14.9 Å². The van der Waals surface area contributed by atoms with Gasteiger partial charge < -0.3 is 15.7 Å². The van der Waals surface area contributed by atoms with Gasteiger partial charge in [-0.3, -0.25) is 4.79 Å². The minimum Gasteiger partial charge on any atom is -0.481 e. The van der Waals surface area contributed by atoms with Crippen molar-refractivity contribution in [2.24, 2.45) is 5.41 Å². The standard InChI is InChI=1S/C14H18BrFN2O3/c1-13(2,11(19)20)14(3,4)18-12(21)17-10-8(15)6-5-7-9(10)16/h5-7H,1-4H3,(H,19,20)(H2,17,18,21). The molecule has 0 aromatic heterocycles. The molecule has 0 saturated carbocycles. The molecule has 1 aromatic carbocycles. The predicted octanol–water partition coefficient (Wildman–Crippen LogP) is 3.60. The van der Waals surface area contributed by atoms with Gasteiger partial charge in [0.2, 0.25) is 0 Å². The van der Waals surface area contributed by atoms with E-state index in [0.29, 0.717) is 4.47 Å². The molecular weight excluding hydrogens is 343 g/mol. The molecule has 1 aromatic rings. The number of para-hydroxylation sites is 1. The molecule has 0 aliphatic carbocycles. The first-order valence-electron chi connectivity index (χ1n) is 6.25. The van der Waals surface area contributed by atoms with Gasteiger partial charge in [-0.2, -0.15) is 0 Å². The van der Waals surface area contributed by atoms with Crippen molar-refractivity contribution in [1.29, 1.82) is 0 Å². The first kappa shape index (κ1) is 17.4. The predicted molar refractivity (Wildman–Crippen MR) is 81.8 cm³/mol. The number of halogens is 2. The van der Waals surface area contributed by atoms with Crippen LogP contribution < -0.4 is 10.6 Å². The van der Waals surface area contributed by atoms with Crippen LogP contribution >= 0.6 is 15.9 Å². The zero-order valence-corrected chi connectivity index (χ0v) is 13.8. The molecule has 21 heavy (non-hydrogen) atoms. The molecule has 0 spiro atoms. The van der Waals surface area contributed by atoms with Crippen LogP contribution in [0.25, 0.3) is 0 Å². The summed E-state index contributed by atoms with van der Waals surface area (Å²) in [4.78, 5) is 23.3. The maximum atomic E-state index is 13.6. The minimum atomic E-state index is -1.20. The van der Waals surface area contributed by atoms with Crippen LogP contribution in [0.2, 0.25) is 0 Å². The zero-order chi connectivity index (χ0) is 16.4. The highest BCUT2D eigenvalue weighted by Gasteiger charge is 2.44. The van der Waals surface area contributed by atoms with Gasteiger partial charge in [0.1, 0.15) is 5.82 Å². The summed E-state index contributed by atoms with van der Waals surface area (Å²) in [6.07, 6.45) is 0. The van der Waals surface area contributed by atoms with Crippen LogP contribution in [0, 0.1) is 11.2 Å². The number of hydrogen-bond donors (Lipinski definition) is 3. The van der Waals surface area contributed by atoms with Gasteiger partial charge in [0, 0.05) is 4.47 Å². The Hall–Kier alpha value is -1.63. The first-order valence-corrected chi connectivity index (χ1v) is 7.05. The number of benzene rings is 1. The number of carboxylic acid groups (broad SMARTS) is 1. The van der Waals surface area contributed by atoms with E-state index >= 15 is 0 Å². The van der Waals surface area contributed by atoms with Crippen molar-refractivity contribution in [1.82, 2.24) is 5.32 Å². The Bertz CT molecular complexity index is 553. The quantitative estimate of drug-likeness (QED) is 0.767. The molecule has 0 aliphatic heterocycles. The molecule has 0 saturated heterocycles. The molecule has 3 N–H and O–H groups in total. The second-order valence-electron chi connectivity index (χ2n) is 5.73. The number of urea groups is 1. The molecule has 116 valence electrons. The van der Waals surface area contributed by atoms with Gasteiger partial charge in [-0.25, -0.2) is 9.18 Å². The van der Waals surface area contributed by atoms with E-state index in [0.717, 1.165) is 0 Å². The molecule has 1 rings (SSSR count). The second-order valence-corrected chi connectivity index (χ2v) is 6.59. The molecule has 0 radical (unpaired) electrons. The SMILES string of the molecule is CC(C)(NC(=O)Nc1c(F)cccc1Br)C(C)(C)C(=O)O. The average Bonchev–Trinajstić information content (AvgIpc) is 2.33. The Kier molecular flexibility index (Phi) is 4.99. The summed E-state index contributed by atoms with van der Waals surface area (Å²) >= 11 is 3.14. The van der Waals surface area contributed by atoms with Gasteiger partial charge in [0.15, 0.2) is 0 Å². The molecule has 0 atom stereocenters. The van der Waals surface area contributed by atoms with E-state index in [1.165, 1.54) is 26.0 Å². The first-order chi connectivity index (χ1) is 9.49. The van der Waals surface area contributed by atoms with Crippen LogP contribution in [-0.2, 0) is 4.79 Å². The normalized spacial score (nSPS) is 11.9. The monoisotopic (exact) mass is 360 g/mol. The van der Waals surface area contributed by atoms with E-state index in [1.54, 1.807) is 19.9 Å². The number of carboxylic acids is 1. The Balaban J connectivity index is 2.90. The van der Waals surface area contributed by atoms with Gasteiger partial charge in [-0.1, -0.05) is 6.07 Å². The van der Waals surface area contributed by atoms with E-state index in [1.807, 2.05) is 0 Å². The number of carbonyl (C=O) groups is 2. The minimum absolute atomic E-state index is 0.000990. The largest absolute Gasteiger partial charge is 0.481 e. The summed E-state index contributed by atoms with van der Waals surface area (Å²) < 4.78 is 14.0. The third-order valence-corrected chi connectivity index (χ3v) is 4.39. The number of hydrogen-bond acceptors (Lipinski definition) is 2. The summed E-state index contributed by atoms with van der Waals surface area (Å²) in [7, 11) is 0. The van der Waals surface area contributed by atoms with E-state index < -0.39 is 28.8 Å². The number of nitrogens with one attached hydrogen (secondary N) is 2. The number of aliphatic carboxylic acids is 1. The molecule has 7 heteroatoms. The number of carbonyl (C=O) groups excluding carboxylic acids is 1. The van der Waals surface area contributed by atoms with E-state index in [2.05, 4.69) is 26.6 Å². The summed E-state index contributed by atoms with van der Waals surface area (Å²) in [6, 6.07) is 3.62. The third kappa shape index (κ3) is 3.72. The Morgan fingerprint density at radius 2 is 1.81 bits per heavy atom. The van der Waals surface area contributed by atoms with Crippen molar-refractivity contribution in [2.45, 2.75) is 33.2 Å². The number of rotatable bonds is 4. The van der Waals surface area contributed by atoms with Gasteiger partial charge >= 0.3 is 12.0 Å². The van der Waals surface area contributed by atoms with E-state index in [9.17, 15) is 19.1 Å². The van der Waals surface area contributed by atoms with Crippen molar-refractivity contribution in [3.8, 4) is 0 Å². The third-order valence-electron chi connectivity index (χ3n) is 3.72. The molecule has 2 amide bonds. The van der Waals surface area contributed by atoms with Crippen LogP contribution in [0.1, 0.15) is 27.7 Å². The number of amides is 2. The maximum Gasteiger partial charge on any atom is 0.319 e. The van der Waals surface area contributed by atoms with Gasteiger partial charge in [0.25, 0.3) is 0 Å². The highest BCUT2D eigenvalue weighted by Crippen LogP contribution is 2.31. The van der Waals surface area contributed by atoms with Crippen LogP contribution in [-0.4, -0.2) is 22.6 Å². The van der Waals surface area contributed by atoms with Crippen molar-refractivity contribution in [3.05, 3.63) is 28.5 Å². The Morgan fingerprint density at radius 3 is 2.29 bits per heavy atom. The average molecular weight is 361 g/mol. The van der Waals surface area contributed by atoms with Crippen LogP contribution in [0.15, 0.2) is 22.7 Å². The maximum absolute atomic E-state index is 13.6. The lowest BCUT2D eigenvalue weighted by Crippen LogP contribution is -2.57. The van der Waals surface area contributed by atoms with Crippen molar-refractivity contribution < 1.29 is 19.1 Å². The fourth-order valence-corrected chi connectivity index (χ4v) is 1.91. The number of anilines is 1. The highest BCUT2D eigenvalue weighted by atomic mass is 79.9. The van der Waals surface area contributed by atoms with Crippen molar-refractivity contribution >= 4 is 33.6 Å². The fourth-order valence-electron chi connectivity index (χ4n) is 1.47. The Morgan fingerprint density at radius 1 is 1.24 bits per heavy atom. The van der Waals surface area contributed by atoms with Gasteiger partial charge in [-0.05, 0) is 55.8 Å². The summed E-state index contributed by atoms with van der Waals surface area (Å²) in [5.41, 5.74) is -2.24. The second kappa shape index (κ2) is 6.01. The molecular formula is C14H18BrFN2O3. The lowest BCUT2D eigenvalue weighted by atomic mass is 9.74. The lowest BCUT2D eigenvalue weighted by Gasteiger charge is -2.38. The summed E-state index contributed by atoms with van der Waals surface area (Å²) in [6.45, 7) is 6.21. The zero-order valence-electron chi connectivity index (χ0n) is 12.3. The topological polar surface area (TPSA) is 78.4 Å². The Labute approximate surface area is 131 Å². The lowest BCUT2D eigenvalue weighted by molar-refractivity contribution is -0.150.